The van der Waals surface area contributed by atoms with E-state index in [1.165, 1.54) is 0 Å². The molecule has 1 saturated carbocycles. The molecule has 0 amide bonds. The molecule has 28 heavy (non-hydrogen) atoms. The number of benzene rings is 2. The van der Waals surface area contributed by atoms with Crippen LogP contribution in [0.25, 0.3) is 11.1 Å². The predicted octanol–water partition coefficient (Wildman–Crippen LogP) is 5.48. The first-order valence-corrected chi connectivity index (χ1v) is 9.77. The van der Waals surface area contributed by atoms with Crippen molar-refractivity contribution in [3.63, 3.8) is 0 Å². The van der Waals surface area contributed by atoms with Crippen LogP contribution < -0.4 is 0 Å². The van der Waals surface area contributed by atoms with Gasteiger partial charge in [0.05, 0.1) is 10.8 Å². The third-order valence-corrected chi connectivity index (χ3v) is 6.39. The number of hydrogen-bond donors (Lipinski definition) is 0. The third kappa shape index (κ3) is 3.02. The minimum atomic E-state index is -1.20. The fourth-order valence-corrected chi connectivity index (χ4v) is 4.21. The monoisotopic (exact) mass is 396 g/mol. The van der Waals surface area contributed by atoms with Gasteiger partial charge in [0, 0.05) is 5.02 Å². The Morgan fingerprint density at radius 2 is 1.21 bits per heavy atom. The highest BCUT2D eigenvalue weighted by atomic mass is 35.5. The van der Waals surface area contributed by atoms with Crippen LogP contribution in [0.1, 0.15) is 50.3 Å². The Bertz CT molecular complexity index is 985. The van der Waals surface area contributed by atoms with Gasteiger partial charge in [-0.3, -0.25) is 14.4 Å². The van der Waals surface area contributed by atoms with Crippen molar-refractivity contribution in [1.82, 2.24) is 0 Å². The van der Waals surface area contributed by atoms with E-state index in [0.717, 1.165) is 22.3 Å². The van der Waals surface area contributed by atoms with Crippen LogP contribution in [0, 0.1) is 24.7 Å². The molecule has 0 aromatic heterocycles. The minimum Gasteiger partial charge on any atom is -0.298 e. The third-order valence-electron chi connectivity index (χ3n) is 5.99. The summed E-state index contributed by atoms with van der Waals surface area (Å²) in [6, 6.07) is 11.6. The molecular weight excluding hydrogens is 372 g/mol. The van der Waals surface area contributed by atoms with Gasteiger partial charge >= 0.3 is 0 Å². The van der Waals surface area contributed by atoms with Crippen LogP contribution in [-0.2, 0) is 14.4 Å². The quantitative estimate of drug-likeness (QED) is 0.631. The highest BCUT2D eigenvalue weighted by Gasteiger charge is 2.58. The van der Waals surface area contributed by atoms with Crippen LogP contribution in [-0.4, -0.2) is 17.3 Å². The van der Waals surface area contributed by atoms with Crippen LogP contribution in [0.3, 0.4) is 0 Å². The summed E-state index contributed by atoms with van der Waals surface area (Å²) in [5.41, 5.74) is 1.91. The van der Waals surface area contributed by atoms with E-state index in [1.807, 2.05) is 50.2 Å². The first-order chi connectivity index (χ1) is 12.9. The molecule has 1 fully saturated rings. The predicted molar refractivity (Wildman–Crippen MR) is 112 cm³/mol. The van der Waals surface area contributed by atoms with Crippen molar-refractivity contribution in [2.24, 2.45) is 10.8 Å². The lowest BCUT2D eigenvalue weighted by atomic mass is 9.57. The second-order valence-corrected chi connectivity index (χ2v) is 9.18. The number of aryl methyl sites for hydroxylation is 2. The topological polar surface area (TPSA) is 51.2 Å². The van der Waals surface area contributed by atoms with Crippen molar-refractivity contribution in [2.75, 3.05) is 0 Å². The van der Waals surface area contributed by atoms with Gasteiger partial charge in [-0.2, -0.15) is 0 Å². The van der Waals surface area contributed by atoms with Crippen LogP contribution in [0.4, 0.5) is 0 Å². The van der Waals surface area contributed by atoms with Gasteiger partial charge in [0.15, 0.2) is 17.3 Å². The standard InChI is InChI=1S/C24H25ClO3/c1-13-7-9-15(16-10-8-14(2)18(25)12-16)11-17(13)19-20(26)23(3,4)22(28)24(5,6)21(19)27/h7-12,19H,1-6H3. The average Bonchev–Trinajstić information content (AvgIpc) is 2.63. The number of hydrogen-bond acceptors (Lipinski definition) is 3. The summed E-state index contributed by atoms with van der Waals surface area (Å²) in [5.74, 6) is -1.91. The maximum Gasteiger partial charge on any atom is 0.160 e. The molecule has 0 unspecified atom stereocenters. The first kappa shape index (κ1) is 20.5. The van der Waals surface area contributed by atoms with Crippen molar-refractivity contribution in [3.8, 4) is 11.1 Å². The summed E-state index contributed by atoms with van der Waals surface area (Å²) in [4.78, 5) is 39.1. The van der Waals surface area contributed by atoms with Crippen molar-refractivity contribution in [2.45, 2.75) is 47.5 Å². The van der Waals surface area contributed by atoms with Gasteiger partial charge in [0.2, 0.25) is 0 Å². The Hall–Kier alpha value is -2.26. The van der Waals surface area contributed by atoms with E-state index in [2.05, 4.69) is 0 Å². The second kappa shape index (κ2) is 6.66. The van der Waals surface area contributed by atoms with E-state index < -0.39 is 16.7 Å². The van der Waals surface area contributed by atoms with E-state index in [-0.39, 0.29) is 17.3 Å². The molecule has 0 atom stereocenters. The second-order valence-electron chi connectivity index (χ2n) is 8.78. The molecule has 0 spiro atoms. The van der Waals surface area contributed by atoms with Crippen LogP contribution >= 0.6 is 11.6 Å². The van der Waals surface area contributed by atoms with Crippen molar-refractivity contribution < 1.29 is 14.4 Å². The molecule has 1 aliphatic rings. The molecule has 2 aromatic rings. The lowest BCUT2D eigenvalue weighted by molar-refractivity contribution is -0.157. The lowest BCUT2D eigenvalue weighted by Gasteiger charge is -2.41. The van der Waals surface area contributed by atoms with Crippen molar-refractivity contribution in [1.29, 1.82) is 0 Å². The van der Waals surface area contributed by atoms with E-state index in [1.54, 1.807) is 27.7 Å². The summed E-state index contributed by atoms with van der Waals surface area (Å²) in [7, 11) is 0. The zero-order chi connectivity index (χ0) is 21.0. The summed E-state index contributed by atoms with van der Waals surface area (Å²) < 4.78 is 0. The molecule has 0 bridgehead atoms. The number of rotatable bonds is 2. The van der Waals surface area contributed by atoms with Crippen LogP contribution in [0.15, 0.2) is 36.4 Å². The summed E-state index contributed by atoms with van der Waals surface area (Å²) in [6.07, 6.45) is 0. The molecule has 146 valence electrons. The Balaban J connectivity index is 2.17. The lowest BCUT2D eigenvalue weighted by Crippen LogP contribution is -2.56. The van der Waals surface area contributed by atoms with Gasteiger partial charge in [0.1, 0.15) is 5.92 Å². The first-order valence-electron chi connectivity index (χ1n) is 9.39. The van der Waals surface area contributed by atoms with Gasteiger partial charge < -0.3 is 0 Å². The molecule has 0 heterocycles. The Kier molecular flexibility index (Phi) is 4.87. The zero-order valence-corrected chi connectivity index (χ0v) is 17.9. The molecule has 3 nitrogen and oxygen atoms in total. The van der Waals surface area contributed by atoms with Crippen molar-refractivity contribution >= 4 is 29.0 Å². The number of Topliss-reactive ketones (excluding diaryl/α,β-unsaturated/α-hetero) is 3. The fraction of sp³-hybridized carbons (Fsp3) is 0.375. The molecule has 0 saturated heterocycles. The SMILES string of the molecule is Cc1ccc(-c2ccc(C)c(C3C(=O)C(C)(C)C(=O)C(C)(C)C3=O)c2)cc1Cl. The highest BCUT2D eigenvalue weighted by molar-refractivity contribution is 6.32. The fourth-order valence-electron chi connectivity index (χ4n) is 4.03. The van der Waals surface area contributed by atoms with Gasteiger partial charge in [-0.05, 0) is 81.5 Å². The number of ketones is 3. The normalized spacial score (nSPS) is 19.2. The Morgan fingerprint density at radius 3 is 1.71 bits per heavy atom. The molecule has 0 aliphatic heterocycles. The molecule has 2 aromatic carbocycles. The molecule has 0 N–H and O–H groups in total. The van der Waals surface area contributed by atoms with Crippen molar-refractivity contribution in [3.05, 3.63) is 58.1 Å². The molecule has 0 radical (unpaired) electrons. The summed E-state index contributed by atoms with van der Waals surface area (Å²) in [6.45, 7) is 10.3. The minimum absolute atomic E-state index is 0.314. The Labute approximate surface area is 171 Å². The van der Waals surface area contributed by atoms with Gasteiger partial charge in [0.25, 0.3) is 0 Å². The van der Waals surface area contributed by atoms with Crippen LogP contribution in [0.2, 0.25) is 5.02 Å². The van der Waals surface area contributed by atoms with E-state index in [4.69, 9.17) is 11.6 Å². The number of halogens is 1. The van der Waals surface area contributed by atoms with Gasteiger partial charge in [-0.25, -0.2) is 0 Å². The van der Waals surface area contributed by atoms with Crippen LogP contribution in [0.5, 0.6) is 0 Å². The number of carbonyl (C=O) groups is 3. The van der Waals surface area contributed by atoms with E-state index in [0.29, 0.717) is 10.6 Å². The molecular formula is C24H25ClO3. The largest absolute Gasteiger partial charge is 0.298 e. The van der Waals surface area contributed by atoms with Gasteiger partial charge in [-0.1, -0.05) is 35.9 Å². The number of carbonyl (C=O) groups excluding carboxylic acids is 3. The maximum absolute atomic E-state index is 13.2. The van der Waals surface area contributed by atoms with E-state index in [9.17, 15) is 14.4 Å². The average molecular weight is 397 g/mol. The molecule has 1 aliphatic carbocycles. The highest BCUT2D eigenvalue weighted by Crippen LogP contribution is 2.45. The molecule has 4 heteroatoms. The molecule has 3 rings (SSSR count). The summed E-state index contributed by atoms with van der Waals surface area (Å²) in [5, 5.41) is 0.664. The summed E-state index contributed by atoms with van der Waals surface area (Å²) >= 11 is 6.27. The zero-order valence-electron chi connectivity index (χ0n) is 17.1. The Morgan fingerprint density at radius 1 is 0.750 bits per heavy atom. The van der Waals surface area contributed by atoms with Gasteiger partial charge in [-0.15, -0.1) is 0 Å². The maximum atomic E-state index is 13.2. The van der Waals surface area contributed by atoms with E-state index >= 15 is 0 Å². The smallest absolute Gasteiger partial charge is 0.160 e.